The summed E-state index contributed by atoms with van der Waals surface area (Å²) >= 11 is 0. The number of rotatable bonds is 6. The summed E-state index contributed by atoms with van der Waals surface area (Å²) in [6.45, 7) is 8.45. The van der Waals surface area contributed by atoms with E-state index in [1.807, 2.05) is 11.6 Å². The molecule has 98 valence electrons. The normalized spacial score (nSPS) is 15.9. The largest absolute Gasteiger partial charge is 0.379 e. The first-order valence-electron chi connectivity index (χ1n) is 6.01. The Morgan fingerprint density at radius 3 is 2.59 bits per heavy atom. The smallest absolute Gasteiger partial charge is 0.149 e. The zero-order valence-corrected chi connectivity index (χ0v) is 11.7. The molecule has 1 aromatic rings. The Bertz CT molecular complexity index is 348. The third-order valence-corrected chi connectivity index (χ3v) is 3.02. The predicted molar refractivity (Wildman–Crippen MR) is 67.7 cm³/mol. The van der Waals surface area contributed by atoms with Crippen LogP contribution in [-0.4, -0.2) is 33.5 Å². The molecule has 2 atom stereocenters. The number of aryl methyl sites for hydroxylation is 1. The van der Waals surface area contributed by atoms with Crippen molar-refractivity contribution in [1.82, 2.24) is 20.1 Å². The number of hydrogen-bond acceptors (Lipinski definition) is 4. The highest BCUT2D eigenvalue weighted by molar-refractivity contribution is 4.93. The van der Waals surface area contributed by atoms with E-state index >= 15 is 0 Å². The van der Waals surface area contributed by atoms with E-state index in [0.717, 1.165) is 12.2 Å². The van der Waals surface area contributed by atoms with E-state index in [1.54, 1.807) is 13.4 Å². The van der Waals surface area contributed by atoms with Crippen LogP contribution in [0.25, 0.3) is 0 Å². The lowest BCUT2D eigenvalue weighted by Gasteiger charge is -2.28. The van der Waals surface area contributed by atoms with Crippen molar-refractivity contribution in [3.05, 3.63) is 12.2 Å². The Morgan fingerprint density at radius 1 is 1.47 bits per heavy atom. The monoisotopic (exact) mass is 240 g/mol. The number of nitrogens with zero attached hydrogens (tertiary/aromatic N) is 3. The summed E-state index contributed by atoms with van der Waals surface area (Å²) in [6, 6.07) is 0.543. The molecule has 17 heavy (non-hydrogen) atoms. The molecule has 1 rings (SSSR count). The quantitative estimate of drug-likeness (QED) is 0.822. The second-order valence-electron chi connectivity index (χ2n) is 5.26. The average Bonchev–Trinajstić information content (AvgIpc) is 2.63. The van der Waals surface area contributed by atoms with Crippen molar-refractivity contribution in [2.75, 3.05) is 7.11 Å². The lowest BCUT2D eigenvalue weighted by molar-refractivity contribution is 0.00772. The van der Waals surface area contributed by atoms with Crippen molar-refractivity contribution >= 4 is 0 Å². The van der Waals surface area contributed by atoms with Gasteiger partial charge in [0.15, 0.2) is 0 Å². The predicted octanol–water partition coefficient (Wildman–Crippen LogP) is 1.67. The number of hydrogen-bond donors (Lipinski definition) is 1. The fourth-order valence-corrected chi connectivity index (χ4v) is 2.07. The van der Waals surface area contributed by atoms with Gasteiger partial charge in [0.1, 0.15) is 12.2 Å². The van der Waals surface area contributed by atoms with Crippen LogP contribution in [0.4, 0.5) is 0 Å². The van der Waals surface area contributed by atoms with Crippen LogP contribution >= 0.6 is 0 Å². The zero-order valence-electron chi connectivity index (χ0n) is 11.7. The summed E-state index contributed by atoms with van der Waals surface area (Å²) in [4.78, 5) is 0. The molecule has 0 bridgehead atoms. The van der Waals surface area contributed by atoms with Crippen LogP contribution in [-0.2, 0) is 11.8 Å². The van der Waals surface area contributed by atoms with Crippen molar-refractivity contribution in [1.29, 1.82) is 0 Å². The van der Waals surface area contributed by atoms with Crippen LogP contribution in [0.2, 0.25) is 0 Å². The van der Waals surface area contributed by atoms with E-state index in [1.165, 1.54) is 0 Å². The fraction of sp³-hybridized carbons (Fsp3) is 0.833. The van der Waals surface area contributed by atoms with Crippen molar-refractivity contribution in [3.8, 4) is 0 Å². The summed E-state index contributed by atoms with van der Waals surface area (Å²) < 4.78 is 7.37. The van der Waals surface area contributed by atoms with Gasteiger partial charge in [-0.25, -0.2) is 0 Å². The minimum Gasteiger partial charge on any atom is -0.379 e. The van der Waals surface area contributed by atoms with Gasteiger partial charge in [0.05, 0.1) is 11.6 Å². The van der Waals surface area contributed by atoms with Crippen LogP contribution in [0.3, 0.4) is 0 Å². The van der Waals surface area contributed by atoms with Gasteiger partial charge < -0.3 is 14.6 Å². The topological polar surface area (TPSA) is 52.0 Å². The van der Waals surface area contributed by atoms with Crippen molar-refractivity contribution in [3.63, 3.8) is 0 Å². The molecule has 1 aromatic heterocycles. The first-order chi connectivity index (χ1) is 7.85. The molecule has 1 N–H and O–H groups in total. The lowest BCUT2D eigenvalue weighted by atomic mass is 9.99. The molecule has 0 fully saturated rings. The SMILES string of the molecule is COC(C)(C)CC(C)NC(C)c1nncn1C. The summed E-state index contributed by atoms with van der Waals surface area (Å²) in [5.74, 6) is 0.951. The maximum absolute atomic E-state index is 5.43. The minimum absolute atomic E-state index is 0.105. The number of ether oxygens (including phenoxy) is 1. The second-order valence-corrected chi connectivity index (χ2v) is 5.26. The molecule has 0 amide bonds. The highest BCUT2D eigenvalue weighted by atomic mass is 16.5. The summed E-state index contributed by atoms with van der Waals surface area (Å²) in [5, 5.41) is 11.5. The Kier molecular flexibility index (Phi) is 4.65. The number of aromatic nitrogens is 3. The number of methoxy groups -OCH3 is 1. The molecular formula is C12H24N4O. The fourth-order valence-electron chi connectivity index (χ4n) is 2.07. The summed E-state index contributed by atoms with van der Waals surface area (Å²) in [7, 11) is 3.70. The zero-order chi connectivity index (χ0) is 13.1. The molecule has 0 saturated heterocycles. The van der Waals surface area contributed by atoms with E-state index in [0.29, 0.717) is 6.04 Å². The van der Waals surface area contributed by atoms with Gasteiger partial charge in [0.2, 0.25) is 0 Å². The molecule has 0 aromatic carbocycles. The number of nitrogens with one attached hydrogen (secondary N) is 1. The van der Waals surface area contributed by atoms with Crippen LogP contribution in [0.15, 0.2) is 6.33 Å². The lowest BCUT2D eigenvalue weighted by Crippen LogP contribution is -2.37. The van der Waals surface area contributed by atoms with Crippen LogP contribution < -0.4 is 5.32 Å². The molecule has 0 spiro atoms. The Hall–Kier alpha value is -0.940. The minimum atomic E-state index is -0.105. The molecule has 2 unspecified atom stereocenters. The van der Waals surface area contributed by atoms with Gasteiger partial charge in [-0.2, -0.15) is 0 Å². The van der Waals surface area contributed by atoms with E-state index in [2.05, 4.69) is 43.2 Å². The van der Waals surface area contributed by atoms with Gasteiger partial charge >= 0.3 is 0 Å². The van der Waals surface area contributed by atoms with Crippen LogP contribution in [0.1, 0.15) is 46.0 Å². The van der Waals surface area contributed by atoms with Crippen molar-refractivity contribution in [2.45, 2.75) is 51.8 Å². The second kappa shape index (κ2) is 5.60. The molecule has 1 heterocycles. The Morgan fingerprint density at radius 2 is 2.12 bits per heavy atom. The molecule has 0 radical (unpaired) electrons. The van der Waals surface area contributed by atoms with E-state index in [4.69, 9.17) is 4.74 Å². The van der Waals surface area contributed by atoms with Gasteiger partial charge in [-0.1, -0.05) is 0 Å². The highest BCUT2D eigenvalue weighted by Gasteiger charge is 2.22. The Labute approximate surface area is 104 Å². The first kappa shape index (κ1) is 14.1. The first-order valence-corrected chi connectivity index (χ1v) is 6.01. The van der Waals surface area contributed by atoms with E-state index in [9.17, 15) is 0 Å². The summed E-state index contributed by atoms with van der Waals surface area (Å²) in [6.07, 6.45) is 2.67. The molecule has 0 saturated carbocycles. The standard InChI is InChI=1S/C12H24N4O/c1-9(7-12(3,4)17-6)14-10(2)11-15-13-8-16(11)5/h8-10,14H,7H2,1-6H3. The van der Waals surface area contributed by atoms with E-state index < -0.39 is 0 Å². The van der Waals surface area contributed by atoms with Gasteiger partial charge in [-0.05, 0) is 34.1 Å². The highest BCUT2D eigenvalue weighted by Crippen LogP contribution is 2.17. The Balaban J connectivity index is 2.52. The molecule has 0 aliphatic rings. The average molecular weight is 240 g/mol. The third-order valence-electron chi connectivity index (χ3n) is 3.02. The van der Waals surface area contributed by atoms with E-state index in [-0.39, 0.29) is 11.6 Å². The molecule has 0 aliphatic heterocycles. The molecule has 5 heteroatoms. The maximum atomic E-state index is 5.43. The third kappa shape index (κ3) is 4.09. The maximum Gasteiger partial charge on any atom is 0.149 e. The van der Waals surface area contributed by atoms with Crippen molar-refractivity contribution in [2.24, 2.45) is 7.05 Å². The van der Waals surface area contributed by atoms with Crippen LogP contribution in [0, 0.1) is 0 Å². The van der Waals surface area contributed by atoms with Gasteiger partial charge in [0, 0.05) is 20.2 Å². The molecule has 0 aliphatic carbocycles. The molecular weight excluding hydrogens is 216 g/mol. The van der Waals surface area contributed by atoms with Gasteiger partial charge in [-0.3, -0.25) is 0 Å². The van der Waals surface area contributed by atoms with Gasteiger partial charge in [0.25, 0.3) is 0 Å². The van der Waals surface area contributed by atoms with Crippen molar-refractivity contribution < 1.29 is 4.74 Å². The summed E-state index contributed by atoms with van der Waals surface area (Å²) in [5.41, 5.74) is -0.105. The van der Waals surface area contributed by atoms with Crippen LogP contribution in [0.5, 0.6) is 0 Å². The van der Waals surface area contributed by atoms with Gasteiger partial charge in [-0.15, -0.1) is 10.2 Å². The molecule has 5 nitrogen and oxygen atoms in total.